The predicted molar refractivity (Wildman–Crippen MR) is 48.9 cm³/mol. The average molecular weight is 173 g/mol. The van der Waals surface area contributed by atoms with Crippen LogP contribution >= 0.6 is 0 Å². The third-order valence-corrected chi connectivity index (χ3v) is 1.86. The van der Waals surface area contributed by atoms with Crippen LogP contribution in [0.3, 0.4) is 0 Å². The minimum Gasteiger partial charge on any atom is -0.469 e. The molecule has 0 aromatic carbocycles. The number of hydrogen-bond donors (Lipinski definition) is 1. The van der Waals surface area contributed by atoms with Gasteiger partial charge >= 0.3 is 5.97 Å². The van der Waals surface area contributed by atoms with Crippen molar-refractivity contribution in [1.82, 2.24) is 5.32 Å². The van der Waals surface area contributed by atoms with Crippen LogP contribution in [-0.4, -0.2) is 25.7 Å². The summed E-state index contributed by atoms with van der Waals surface area (Å²) < 4.78 is 4.62. The second-order valence-corrected chi connectivity index (χ2v) is 3.12. The van der Waals surface area contributed by atoms with Gasteiger partial charge in [0.05, 0.1) is 13.0 Å². The van der Waals surface area contributed by atoms with Crippen LogP contribution in [0.1, 0.15) is 27.2 Å². The Balaban J connectivity index is 3.67. The number of methoxy groups -OCH3 is 1. The molecule has 0 aliphatic rings. The van der Waals surface area contributed by atoms with Crippen LogP contribution in [0.15, 0.2) is 0 Å². The van der Waals surface area contributed by atoms with E-state index in [4.69, 9.17) is 0 Å². The number of carbonyl (C=O) groups is 1. The van der Waals surface area contributed by atoms with Crippen molar-refractivity contribution in [1.29, 1.82) is 0 Å². The van der Waals surface area contributed by atoms with Crippen molar-refractivity contribution in [3.8, 4) is 0 Å². The fourth-order valence-corrected chi connectivity index (χ4v) is 1.26. The fraction of sp³-hybridized carbons (Fsp3) is 0.889. The minimum absolute atomic E-state index is 0.0101. The molecular formula is C9H19NO2. The van der Waals surface area contributed by atoms with E-state index >= 15 is 0 Å². The number of hydrogen-bond acceptors (Lipinski definition) is 3. The number of ether oxygens (including phenoxy) is 1. The van der Waals surface area contributed by atoms with Gasteiger partial charge in [0.15, 0.2) is 0 Å². The van der Waals surface area contributed by atoms with E-state index in [2.05, 4.69) is 23.9 Å². The van der Waals surface area contributed by atoms with Gasteiger partial charge in [0.2, 0.25) is 0 Å². The lowest BCUT2D eigenvalue weighted by Gasteiger charge is -2.15. The SMILES string of the molecule is CCNC(C)CC(C)C(=O)OC. The smallest absolute Gasteiger partial charge is 0.308 e. The summed E-state index contributed by atoms with van der Waals surface area (Å²) in [6.45, 7) is 6.96. The molecule has 0 spiro atoms. The Kier molecular flexibility index (Phi) is 5.72. The molecule has 0 amide bonds. The van der Waals surface area contributed by atoms with Gasteiger partial charge in [0, 0.05) is 6.04 Å². The van der Waals surface area contributed by atoms with Gasteiger partial charge in [-0.15, -0.1) is 0 Å². The molecule has 0 aliphatic heterocycles. The zero-order valence-corrected chi connectivity index (χ0v) is 8.39. The molecule has 0 rings (SSSR count). The Bertz CT molecular complexity index is 136. The molecule has 0 heterocycles. The topological polar surface area (TPSA) is 38.3 Å². The number of carbonyl (C=O) groups excluding carboxylic acids is 1. The van der Waals surface area contributed by atoms with E-state index in [0.29, 0.717) is 6.04 Å². The van der Waals surface area contributed by atoms with Gasteiger partial charge in [-0.05, 0) is 19.9 Å². The van der Waals surface area contributed by atoms with Gasteiger partial charge in [-0.2, -0.15) is 0 Å². The van der Waals surface area contributed by atoms with E-state index in [1.165, 1.54) is 7.11 Å². The zero-order chi connectivity index (χ0) is 9.56. The zero-order valence-electron chi connectivity index (χ0n) is 8.39. The van der Waals surface area contributed by atoms with Crippen molar-refractivity contribution >= 4 is 5.97 Å². The maximum absolute atomic E-state index is 11.0. The van der Waals surface area contributed by atoms with E-state index < -0.39 is 0 Å². The highest BCUT2D eigenvalue weighted by atomic mass is 16.5. The first-order valence-electron chi connectivity index (χ1n) is 4.43. The van der Waals surface area contributed by atoms with Crippen LogP contribution in [0, 0.1) is 5.92 Å². The molecule has 3 heteroatoms. The summed E-state index contributed by atoms with van der Waals surface area (Å²) in [4.78, 5) is 11.0. The summed E-state index contributed by atoms with van der Waals surface area (Å²) in [6.07, 6.45) is 0.834. The summed E-state index contributed by atoms with van der Waals surface area (Å²) in [5, 5.41) is 3.25. The quantitative estimate of drug-likeness (QED) is 0.634. The van der Waals surface area contributed by atoms with E-state index in [9.17, 15) is 4.79 Å². The second-order valence-electron chi connectivity index (χ2n) is 3.12. The molecule has 0 radical (unpaired) electrons. The van der Waals surface area contributed by atoms with Gasteiger partial charge in [-0.3, -0.25) is 4.79 Å². The Morgan fingerprint density at radius 1 is 1.50 bits per heavy atom. The first-order valence-corrected chi connectivity index (χ1v) is 4.43. The Morgan fingerprint density at radius 2 is 2.08 bits per heavy atom. The van der Waals surface area contributed by atoms with Crippen molar-refractivity contribution in [3.63, 3.8) is 0 Å². The number of nitrogens with one attached hydrogen (secondary N) is 1. The normalized spacial score (nSPS) is 15.3. The van der Waals surface area contributed by atoms with Crippen LogP contribution in [0.2, 0.25) is 0 Å². The van der Waals surface area contributed by atoms with Crippen molar-refractivity contribution in [2.75, 3.05) is 13.7 Å². The van der Waals surface area contributed by atoms with Gasteiger partial charge in [-0.1, -0.05) is 13.8 Å². The molecule has 1 N–H and O–H groups in total. The molecule has 12 heavy (non-hydrogen) atoms. The van der Waals surface area contributed by atoms with Crippen molar-refractivity contribution < 1.29 is 9.53 Å². The highest BCUT2D eigenvalue weighted by molar-refractivity contribution is 5.71. The third-order valence-electron chi connectivity index (χ3n) is 1.86. The highest BCUT2D eigenvalue weighted by Gasteiger charge is 2.15. The summed E-state index contributed by atoms with van der Waals surface area (Å²) in [5.41, 5.74) is 0. The summed E-state index contributed by atoms with van der Waals surface area (Å²) in [6, 6.07) is 0.379. The summed E-state index contributed by atoms with van der Waals surface area (Å²) >= 11 is 0. The van der Waals surface area contributed by atoms with Crippen LogP contribution in [-0.2, 0) is 9.53 Å². The molecule has 0 bridgehead atoms. The maximum Gasteiger partial charge on any atom is 0.308 e. The van der Waals surface area contributed by atoms with Crippen LogP contribution < -0.4 is 5.32 Å². The molecule has 3 nitrogen and oxygen atoms in total. The molecule has 0 fully saturated rings. The van der Waals surface area contributed by atoms with Gasteiger partial charge in [0.25, 0.3) is 0 Å². The lowest BCUT2D eigenvalue weighted by molar-refractivity contribution is -0.145. The predicted octanol–water partition coefficient (Wildman–Crippen LogP) is 1.18. The molecule has 72 valence electrons. The maximum atomic E-state index is 11.0. The summed E-state index contributed by atoms with van der Waals surface area (Å²) in [5.74, 6) is -0.135. The Labute approximate surface area is 74.5 Å². The Hall–Kier alpha value is -0.570. The second kappa shape index (κ2) is 6.00. The summed E-state index contributed by atoms with van der Waals surface area (Å²) in [7, 11) is 1.43. The first kappa shape index (κ1) is 11.4. The monoisotopic (exact) mass is 173 g/mol. The largest absolute Gasteiger partial charge is 0.469 e. The van der Waals surface area contributed by atoms with E-state index in [1.54, 1.807) is 0 Å². The minimum atomic E-state index is -0.125. The molecule has 0 aliphatic carbocycles. The van der Waals surface area contributed by atoms with Gasteiger partial charge in [0.1, 0.15) is 0 Å². The molecule has 0 aromatic heterocycles. The van der Waals surface area contributed by atoms with Crippen LogP contribution in [0.5, 0.6) is 0 Å². The first-order chi connectivity index (χ1) is 5.61. The van der Waals surface area contributed by atoms with E-state index in [0.717, 1.165) is 13.0 Å². The third kappa shape index (κ3) is 4.34. The van der Waals surface area contributed by atoms with Crippen molar-refractivity contribution in [2.24, 2.45) is 5.92 Å². The van der Waals surface area contributed by atoms with Gasteiger partial charge < -0.3 is 10.1 Å². The van der Waals surface area contributed by atoms with E-state index in [-0.39, 0.29) is 11.9 Å². The standard InChI is InChI=1S/C9H19NO2/c1-5-10-8(3)6-7(2)9(11)12-4/h7-8,10H,5-6H2,1-4H3. The molecule has 2 atom stereocenters. The van der Waals surface area contributed by atoms with E-state index in [1.807, 2.05) is 6.92 Å². The Morgan fingerprint density at radius 3 is 2.50 bits per heavy atom. The van der Waals surface area contributed by atoms with Gasteiger partial charge in [-0.25, -0.2) is 0 Å². The van der Waals surface area contributed by atoms with Crippen molar-refractivity contribution in [3.05, 3.63) is 0 Å². The van der Waals surface area contributed by atoms with Crippen LogP contribution in [0.25, 0.3) is 0 Å². The van der Waals surface area contributed by atoms with Crippen LogP contribution in [0.4, 0.5) is 0 Å². The molecule has 0 saturated heterocycles. The highest BCUT2D eigenvalue weighted by Crippen LogP contribution is 2.06. The molecule has 0 saturated carbocycles. The molecular weight excluding hydrogens is 154 g/mol. The molecule has 0 aromatic rings. The molecule has 2 unspecified atom stereocenters. The number of rotatable bonds is 5. The number of esters is 1. The lowest BCUT2D eigenvalue weighted by Crippen LogP contribution is -2.29. The average Bonchev–Trinajstić information content (AvgIpc) is 2.03. The fourth-order valence-electron chi connectivity index (χ4n) is 1.26. The van der Waals surface area contributed by atoms with Crippen molar-refractivity contribution in [2.45, 2.75) is 33.2 Å². The lowest BCUT2D eigenvalue weighted by atomic mass is 10.0.